The van der Waals surface area contributed by atoms with Crippen molar-refractivity contribution in [2.45, 2.75) is 95.9 Å². The fourth-order valence-electron chi connectivity index (χ4n) is 6.31. The van der Waals surface area contributed by atoms with Crippen LogP contribution in [0, 0.1) is 23.6 Å². The van der Waals surface area contributed by atoms with Crippen molar-refractivity contribution in [3.63, 3.8) is 0 Å². The number of aliphatic hydroxyl groups is 1. The van der Waals surface area contributed by atoms with E-state index in [1.54, 1.807) is 6.92 Å². The highest BCUT2D eigenvalue weighted by molar-refractivity contribution is 5.90. The summed E-state index contributed by atoms with van der Waals surface area (Å²) in [5.74, 6) is -1.38. The summed E-state index contributed by atoms with van der Waals surface area (Å²) in [6.45, 7) is 8.24. The number of rotatable bonds is 11. The number of aliphatic hydroxyl groups excluding tert-OH is 1. The first kappa shape index (κ1) is 34.5. The molecule has 3 aliphatic rings. The molecule has 45 heavy (non-hydrogen) atoms. The van der Waals surface area contributed by atoms with Crippen molar-refractivity contribution in [1.82, 2.24) is 5.32 Å². The van der Waals surface area contributed by atoms with E-state index in [1.165, 1.54) is 43.5 Å². The molecule has 1 aliphatic carbocycles. The standard InChI is InChI=1S/C35H46FNO8/c1-21(6-9-27-17-25(18-32(39)42-5)19-35(20-43-35)33(27)40)7-14-30-22(2)16-29(24(4)45-30)37-31(38)15-8-23(3)44-34(41)26-10-12-28(36)13-11-26/h6-13,15,22-25,27,29-30,33,40H,14,16-20H2,1-5H3,(H,37,38)/b9-6+,15-8-,21-7+/t22-,23?,24+,25+,27-,29+,30-,33+,35+/m0/s1. The van der Waals surface area contributed by atoms with E-state index in [9.17, 15) is 23.9 Å². The first-order chi connectivity index (χ1) is 21.4. The lowest BCUT2D eigenvalue weighted by atomic mass is 9.71. The van der Waals surface area contributed by atoms with Gasteiger partial charge in [0.1, 0.15) is 17.5 Å². The number of carbonyl (C=O) groups excluding carboxylic acids is 3. The molecule has 0 radical (unpaired) electrons. The molecule has 9 atom stereocenters. The normalized spacial score (nSPS) is 32.4. The lowest BCUT2D eigenvalue weighted by molar-refractivity contribution is -0.142. The summed E-state index contributed by atoms with van der Waals surface area (Å²) in [4.78, 5) is 36.7. The minimum Gasteiger partial charge on any atom is -0.469 e. The summed E-state index contributed by atoms with van der Waals surface area (Å²) >= 11 is 0. The highest BCUT2D eigenvalue weighted by Gasteiger charge is 2.57. The quantitative estimate of drug-likeness (QED) is 0.155. The third-order valence-electron chi connectivity index (χ3n) is 9.10. The van der Waals surface area contributed by atoms with Crippen LogP contribution in [0.5, 0.6) is 0 Å². The van der Waals surface area contributed by atoms with E-state index in [1.807, 2.05) is 26.0 Å². The van der Waals surface area contributed by atoms with Gasteiger partial charge in [0.2, 0.25) is 5.91 Å². The summed E-state index contributed by atoms with van der Waals surface area (Å²) in [6, 6.07) is 4.90. The molecule has 4 rings (SSSR count). The summed E-state index contributed by atoms with van der Waals surface area (Å²) in [7, 11) is 1.39. The van der Waals surface area contributed by atoms with Gasteiger partial charge in [-0.3, -0.25) is 9.59 Å². The Bertz CT molecular complexity index is 1290. The Kier molecular flexibility index (Phi) is 11.7. The van der Waals surface area contributed by atoms with Gasteiger partial charge in [0, 0.05) is 18.4 Å². The van der Waals surface area contributed by atoms with Crippen LogP contribution in [0.2, 0.25) is 0 Å². The largest absolute Gasteiger partial charge is 0.469 e. The van der Waals surface area contributed by atoms with Crippen LogP contribution in [-0.4, -0.2) is 72.7 Å². The summed E-state index contributed by atoms with van der Waals surface area (Å²) in [5, 5.41) is 13.9. The monoisotopic (exact) mass is 627 g/mol. The maximum atomic E-state index is 13.1. The average molecular weight is 628 g/mol. The molecule has 1 aromatic rings. The van der Waals surface area contributed by atoms with Gasteiger partial charge >= 0.3 is 11.9 Å². The molecule has 1 saturated carbocycles. The molecule has 1 amide bonds. The number of hydrogen-bond acceptors (Lipinski definition) is 8. The van der Waals surface area contributed by atoms with E-state index in [0.717, 1.165) is 12.0 Å². The molecule has 2 saturated heterocycles. The van der Waals surface area contributed by atoms with Crippen molar-refractivity contribution in [3.05, 3.63) is 71.6 Å². The minimum absolute atomic E-state index is 0.00854. The third kappa shape index (κ3) is 9.58. The van der Waals surface area contributed by atoms with Crippen LogP contribution in [0.4, 0.5) is 4.39 Å². The molecule has 2 aliphatic heterocycles. The van der Waals surface area contributed by atoms with Gasteiger partial charge in [-0.05, 0) is 88.6 Å². The molecule has 246 valence electrons. The van der Waals surface area contributed by atoms with E-state index in [2.05, 4.69) is 18.3 Å². The Balaban J connectivity index is 1.23. The summed E-state index contributed by atoms with van der Waals surface area (Å²) in [6.07, 6.45) is 10.7. The number of methoxy groups -OCH3 is 1. The molecule has 0 aromatic heterocycles. The Labute approximate surface area is 264 Å². The average Bonchev–Trinajstić information content (AvgIpc) is 3.78. The van der Waals surface area contributed by atoms with Gasteiger partial charge in [-0.2, -0.15) is 0 Å². The third-order valence-corrected chi connectivity index (χ3v) is 9.10. The van der Waals surface area contributed by atoms with Gasteiger partial charge in [-0.15, -0.1) is 0 Å². The second-order valence-electron chi connectivity index (χ2n) is 12.8. The second kappa shape index (κ2) is 15.3. The van der Waals surface area contributed by atoms with Crippen LogP contribution in [0.15, 0.2) is 60.2 Å². The van der Waals surface area contributed by atoms with E-state index < -0.39 is 29.6 Å². The van der Waals surface area contributed by atoms with Crippen molar-refractivity contribution >= 4 is 17.8 Å². The number of ether oxygens (including phenoxy) is 4. The molecule has 0 bridgehead atoms. The SMILES string of the molecule is COC(=O)C[C@H]1C[C@H](/C=C/C(C)=C/C[C@@H]2O[C@H](C)[C@H](NC(=O)/C=C\C(C)OC(=O)c3ccc(F)cc3)C[C@@H]2C)[C@@H](O)[C@]2(CO2)C1. The second-order valence-corrected chi connectivity index (χ2v) is 12.8. The van der Waals surface area contributed by atoms with Crippen LogP contribution in [0.1, 0.15) is 70.2 Å². The molecular formula is C35H46FNO8. The first-order valence-corrected chi connectivity index (χ1v) is 15.7. The van der Waals surface area contributed by atoms with Crippen LogP contribution in [0.25, 0.3) is 0 Å². The maximum Gasteiger partial charge on any atom is 0.338 e. The maximum absolute atomic E-state index is 13.1. The number of carbonyl (C=O) groups is 3. The summed E-state index contributed by atoms with van der Waals surface area (Å²) in [5.41, 5.74) is 0.749. The molecular weight excluding hydrogens is 581 g/mol. The predicted molar refractivity (Wildman–Crippen MR) is 166 cm³/mol. The van der Waals surface area contributed by atoms with Gasteiger partial charge < -0.3 is 29.4 Å². The number of allylic oxidation sites excluding steroid dienone is 2. The van der Waals surface area contributed by atoms with E-state index in [4.69, 9.17) is 18.9 Å². The van der Waals surface area contributed by atoms with Crippen molar-refractivity contribution in [2.24, 2.45) is 17.8 Å². The molecule has 2 N–H and O–H groups in total. The van der Waals surface area contributed by atoms with Crippen molar-refractivity contribution in [3.8, 4) is 0 Å². The minimum atomic E-state index is -0.647. The summed E-state index contributed by atoms with van der Waals surface area (Å²) < 4.78 is 35.2. The fraction of sp³-hybridized carbons (Fsp3) is 0.571. The van der Waals surface area contributed by atoms with Crippen LogP contribution >= 0.6 is 0 Å². The van der Waals surface area contributed by atoms with Crippen molar-refractivity contribution < 1.29 is 42.8 Å². The van der Waals surface area contributed by atoms with Gasteiger partial charge in [-0.25, -0.2) is 9.18 Å². The predicted octanol–water partition coefficient (Wildman–Crippen LogP) is 4.84. The Morgan fingerprint density at radius 1 is 1.18 bits per heavy atom. The number of epoxide rings is 1. The highest BCUT2D eigenvalue weighted by Crippen LogP contribution is 2.48. The number of amides is 1. The Hall–Kier alpha value is -3.34. The molecule has 3 fully saturated rings. The highest BCUT2D eigenvalue weighted by atomic mass is 19.1. The van der Waals surface area contributed by atoms with Crippen LogP contribution in [0.3, 0.4) is 0 Å². The Morgan fingerprint density at radius 3 is 2.56 bits per heavy atom. The number of esters is 2. The van der Waals surface area contributed by atoms with Crippen molar-refractivity contribution in [1.29, 1.82) is 0 Å². The van der Waals surface area contributed by atoms with Crippen LogP contribution < -0.4 is 5.32 Å². The van der Waals surface area contributed by atoms with Gasteiger partial charge in [0.25, 0.3) is 0 Å². The number of benzene rings is 1. The van der Waals surface area contributed by atoms with Gasteiger partial charge in [0.15, 0.2) is 0 Å². The first-order valence-electron chi connectivity index (χ1n) is 15.7. The van der Waals surface area contributed by atoms with Crippen LogP contribution in [-0.2, 0) is 28.5 Å². The molecule has 1 aromatic carbocycles. The van der Waals surface area contributed by atoms with Gasteiger partial charge in [0.05, 0.1) is 43.6 Å². The molecule has 1 unspecified atom stereocenters. The van der Waals surface area contributed by atoms with Gasteiger partial charge in [-0.1, -0.05) is 30.7 Å². The zero-order valence-corrected chi connectivity index (χ0v) is 26.7. The topological polar surface area (TPSA) is 124 Å². The lowest BCUT2D eigenvalue weighted by Gasteiger charge is -2.39. The molecule has 9 nitrogen and oxygen atoms in total. The smallest absolute Gasteiger partial charge is 0.338 e. The molecule has 10 heteroatoms. The Morgan fingerprint density at radius 2 is 1.89 bits per heavy atom. The van der Waals surface area contributed by atoms with E-state index >= 15 is 0 Å². The number of nitrogens with one attached hydrogen (secondary N) is 1. The number of hydrogen-bond donors (Lipinski definition) is 2. The zero-order chi connectivity index (χ0) is 32.7. The molecule has 1 spiro atoms. The van der Waals surface area contributed by atoms with E-state index in [-0.39, 0.29) is 53.4 Å². The van der Waals surface area contributed by atoms with E-state index in [0.29, 0.717) is 32.3 Å². The number of halogens is 1. The zero-order valence-electron chi connectivity index (χ0n) is 26.7. The molecule has 2 heterocycles. The lowest BCUT2D eigenvalue weighted by Crippen LogP contribution is -2.50. The fourth-order valence-corrected chi connectivity index (χ4v) is 6.31. The van der Waals surface area contributed by atoms with Crippen molar-refractivity contribution in [2.75, 3.05) is 13.7 Å².